The van der Waals surface area contributed by atoms with Crippen molar-refractivity contribution < 1.29 is 9.59 Å². The predicted octanol–water partition coefficient (Wildman–Crippen LogP) is 4.37. The number of rotatable bonds is 8. The zero-order chi connectivity index (χ0) is 20.1. The summed E-state index contributed by atoms with van der Waals surface area (Å²) >= 11 is 1.58. The number of thioether (sulfide) groups is 1. The van der Waals surface area contributed by atoms with E-state index >= 15 is 0 Å². The van der Waals surface area contributed by atoms with Gasteiger partial charge >= 0.3 is 0 Å². The van der Waals surface area contributed by atoms with E-state index in [9.17, 15) is 9.59 Å². The van der Waals surface area contributed by atoms with E-state index in [1.807, 2.05) is 50.2 Å². The summed E-state index contributed by atoms with van der Waals surface area (Å²) in [6, 6.07) is 19.4. The Morgan fingerprint density at radius 3 is 2.29 bits per heavy atom. The second-order valence-electron chi connectivity index (χ2n) is 6.83. The minimum Gasteiger partial charge on any atom is -0.366 e. The number of carbonyl (C=O) groups excluding carboxylic acids is 2. The first-order valence-corrected chi connectivity index (χ1v) is 10.3. The minimum atomic E-state index is -0.430. The van der Waals surface area contributed by atoms with Crippen molar-refractivity contribution in [3.05, 3.63) is 94.3 Å². The predicted molar refractivity (Wildman–Crippen MR) is 115 cm³/mol. The molecule has 1 aromatic heterocycles. The zero-order valence-electron chi connectivity index (χ0n) is 16.1. The van der Waals surface area contributed by atoms with Crippen LogP contribution in [0, 0.1) is 13.8 Å². The Balaban J connectivity index is 1.61. The standard InChI is InChI=1S/C23H24N2O2S/c1-16-12-21(17(2)25(16)13-18-6-4-3-5-7-18)22(26)15-28-14-19-8-10-20(11-9-19)23(24)27/h3-12H,13-15H2,1-2H3,(H2,24,27). The van der Waals surface area contributed by atoms with Gasteiger partial charge in [-0.2, -0.15) is 0 Å². The number of hydrogen-bond donors (Lipinski definition) is 1. The SMILES string of the molecule is Cc1cc(C(=O)CSCc2ccc(C(N)=O)cc2)c(C)n1Cc1ccccc1. The van der Waals surface area contributed by atoms with Crippen molar-refractivity contribution in [2.75, 3.05) is 5.75 Å². The third kappa shape index (κ3) is 4.73. The zero-order valence-corrected chi connectivity index (χ0v) is 17.0. The molecule has 3 rings (SSSR count). The lowest BCUT2D eigenvalue weighted by atomic mass is 10.1. The Hall–Kier alpha value is -2.79. The number of aryl methyl sites for hydroxylation is 1. The molecule has 0 aliphatic heterocycles. The number of nitrogens with two attached hydrogens (primary N) is 1. The van der Waals surface area contributed by atoms with Crippen LogP contribution in [-0.4, -0.2) is 22.0 Å². The van der Waals surface area contributed by atoms with E-state index in [2.05, 4.69) is 16.7 Å². The van der Waals surface area contributed by atoms with E-state index in [1.165, 1.54) is 5.56 Å². The largest absolute Gasteiger partial charge is 0.366 e. The van der Waals surface area contributed by atoms with Gasteiger partial charge in [-0.15, -0.1) is 11.8 Å². The number of ketones is 1. The Kier molecular flexibility index (Phi) is 6.37. The van der Waals surface area contributed by atoms with Crippen LogP contribution in [0.15, 0.2) is 60.7 Å². The fraction of sp³-hybridized carbons (Fsp3) is 0.217. The van der Waals surface area contributed by atoms with Gasteiger partial charge in [0.2, 0.25) is 5.91 Å². The lowest BCUT2D eigenvalue weighted by Crippen LogP contribution is -2.10. The molecular formula is C23H24N2O2S. The quantitative estimate of drug-likeness (QED) is 0.579. The number of nitrogens with zero attached hydrogens (tertiary/aromatic N) is 1. The molecule has 0 saturated heterocycles. The summed E-state index contributed by atoms with van der Waals surface area (Å²) in [4.78, 5) is 23.8. The molecule has 3 aromatic rings. The average Bonchev–Trinajstić information content (AvgIpc) is 2.97. The minimum absolute atomic E-state index is 0.145. The molecule has 2 aromatic carbocycles. The molecule has 0 radical (unpaired) electrons. The van der Waals surface area contributed by atoms with Crippen LogP contribution in [-0.2, 0) is 12.3 Å². The topological polar surface area (TPSA) is 65.1 Å². The third-order valence-electron chi connectivity index (χ3n) is 4.80. The van der Waals surface area contributed by atoms with Gasteiger partial charge < -0.3 is 10.3 Å². The van der Waals surface area contributed by atoms with E-state index in [1.54, 1.807) is 23.9 Å². The summed E-state index contributed by atoms with van der Waals surface area (Å²) in [6.45, 7) is 4.82. The van der Waals surface area contributed by atoms with Gasteiger partial charge in [-0.3, -0.25) is 9.59 Å². The van der Waals surface area contributed by atoms with Gasteiger partial charge in [0.15, 0.2) is 5.78 Å². The van der Waals surface area contributed by atoms with Gasteiger partial charge in [0, 0.05) is 34.8 Å². The van der Waals surface area contributed by atoms with Crippen LogP contribution in [0.3, 0.4) is 0 Å². The highest BCUT2D eigenvalue weighted by atomic mass is 32.2. The lowest BCUT2D eigenvalue weighted by molar-refractivity contribution is 0.0997. The molecule has 1 heterocycles. The van der Waals surface area contributed by atoms with E-state index in [4.69, 9.17) is 5.73 Å². The van der Waals surface area contributed by atoms with Crippen molar-refractivity contribution in [3.8, 4) is 0 Å². The summed E-state index contributed by atoms with van der Waals surface area (Å²) in [5.74, 6) is 0.854. The van der Waals surface area contributed by atoms with Crippen molar-refractivity contribution in [2.24, 2.45) is 5.73 Å². The average molecular weight is 393 g/mol. The highest BCUT2D eigenvalue weighted by molar-refractivity contribution is 7.99. The smallest absolute Gasteiger partial charge is 0.248 e. The summed E-state index contributed by atoms with van der Waals surface area (Å²) in [6.07, 6.45) is 0. The van der Waals surface area contributed by atoms with Gasteiger partial charge in [0.1, 0.15) is 0 Å². The number of Topliss-reactive ketones (excluding diaryl/α,β-unsaturated/α-hetero) is 1. The van der Waals surface area contributed by atoms with E-state index < -0.39 is 5.91 Å². The molecule has 144 valence electrons. The molecule has 28 heavy (non-hydrogen) atoms. The van der Waals surface area contributed by atoms with Gasteiger partial charge in [-0.1, -0.05) is 42.5 Å². The van der Waals surface area contributed by atoms with Crippen LogP contribution in [0.1, 0.15) is 43.2 Å². The van der Waals surface area contributed by atoms with Gasteiger partial charge in [0.05, 0.1) is 5.75 Å². The van der Waals surface area contributed by atoms with Crippen molar-refractivity contribution in [1.82, 2.24) is 4.57 Å². The number of aromatic nitrogens is 1. The van der Waals surface area contributed by atoms with Gasteiger partial charge in [-0.05, 0) is 43.2 Å². The Bertz CT molecular complexity index is 976. The maximum atomic E-state index is 12.7. The van der Waals surface area contributed by atoms with Crippen LogP contribution >= 0.6 is 11.8 Å². The maximum Gasteiger partial charge on any atom is 0.248 e. The molecule has 0 saturated carbocycles. The summed E-state index contributed by atoms with van der Waals surface area (Å²) in [7, 11) is 0. The molecule has 1 amide bonds. The first-order chi connectivity index (χ1) is 13.5. The molecule has 0 atom stereocenters. The number of primary amides is 1. The van der Waals surface area contributed by atoms with Crippen LogP contribution in [0.5, 0.6) is 0 Å². The van der Waals surface area contributed by atoms with Crippen LogP contribution in [0.25, 0.3) is 0 Å². The van der Waals surface area contributed by atoms with Crippen molar-refractivity contribution in [3.63, 3.8) is 0 Å². The van der Waals surface area contributed by atoms with Crippen molar-refractivity contribution >= 4 is 23.5 Å². The second kappa shape index (κ2) is 8.93. The third-order valence-corrected chi connectivity index (χ3v) is 5.80. The number of carbonyl (C=O) groups is 2. The summed E-state index contributed by atoms with van der Waals surface area (Å²) in [5, 5.41) is 0. The normalized spacial score (nSPS) is 10.8. The number of hydrogen-bond acceptors (Lipinski definition) is 3. The Morgan fingerprint density at radius 2 is 1.64 bits per heavy atom. The molecule has 0 unspecified atom stereocenters. The lowest BCUT2D eigenvalue weighted by Gasteiger charge is -2.10. The van der Waals surface area contributed by atoms with Crippen LogP contribution in [0.2, 0.25) is 0 Å². The number of benzene rings is 2. The van der Waals surface area contributed by atoms with Crippen molar-refractivity contribution in [2.45, 2.75) is 26.1 Å². The fourth-order valence-corrected chi connectivity index (χ4v) is 4.07. The summed E-state index contributed by atoms with van der Waals surface area (Å²) < 4.78 is 2.19. The molecule has 5 heteroatoms. The molecule has 4 nitrogen and oxygen atoms in total. The second-order valence-corrected chi connectivity index (χ2v) is 7.82. The molecule has 0 bridgehead atoms. The number of amides is 1. The van der Waals surface area contributed by atoms with Gasteiger partial charge in [-0.25, -0.2) is 0 Å². The fourth-order valence-electron chi connectivity index (χ4n) is 3.20. The summed E-state index contributed by atoms with van der Waals surface area (Å²) in [5.41, 5.74) is 10.9. The highest BCUT2D eigenvalue weighted by Gasteiger charge is 2.16. The van der Waals surface area contributed by atoms with Crippen LogP contribution in [0.4, 0.5) is 0 Å². The van der Waals surface area contributed by atoms with Gasteiger partial charge in [0.25, 0.3) is 0 Å². The maximum absolute atomic E-state index is 12.7. The first kappa shape index (κ1) is 20.0. The Morgan fingerprint density at radius 1 is 0.964 bits per heavy atom. The van der Waals surface area contributed by atoms with Crippen LogP contribution < -0.4 is 5.73 Å². The van der Waals surface area contributed by atoms with E-state index in [-0.39, 0.29) is 5.78 Å². The van der Waals surface area contributed by atoms with E-state index in [0.717, 1.165) is 29.1 Å². The molecule has 0 aliphatic carbocycles. The molecule has 0 spiro atoms. The molecular weight excluding hydrogens is 368 g/mol. The molecule has 2 N–H and O–H groups in total. The Labute approximate surface area is 169 Å². The van der Waals surface area contributed by atoms with E-state index in [0.29, 0.717) is 17.1 Å². The monoisotopic (exact) mass is 392 g/mol. The van der Waals surface area contributed by atoms with Crippen molar-refractivity contribution in [1.29, 1.82) is 0 Å². The highest BCUT2D eigenvalue weighted by Crippen LogP contribution is 2.21. The molecule has 0 aliphatic rings. The first-order valence-electron chi connectivity index (χ1n) is 9.16. The molecule has 0 fully saturated rings.